The van der Waals surface area contributed by atoms with E-state index >= 15 is 4.39 Å². The Labute approximate surface area is 230 Å². The molecule has 2 aliphatic rings. The van der Waals surface area contributed by atoms with Crippen LogP contribution in [0.15, 0.2) is 42.6 Å². The first kappa shape index (κ1) is 28.0. The Morgan fingerprint density at radius 1 is 1.20 bits per heavy atom. The fraction of sp³-hybridized carbons (Fsp3) is 0.433. The molecule has 7 nitrogen and oxygen atoms in total. The Morgan fingerprint density at radius 2 is 1.98 bits per heavy atom. The molecule has 10 heteroatoms. The predicted molar refractivity (Wildman–Crippen MR) is 142 cm³/mol. The topological polar surface area (TPSA) is 91.8 Å². The van der Waals surface area contributed by atoms with Gasteiger partial charge in [0, 0.05) is 48.6 Å². The molecule has 3 aromatic rings. The molecular formula is C30H32F3N3O4. The summed E-state index contributed by atoms with van der Waals surface area (Å²) in [5.74, 6) is -1.82. The van der Waals surface area contributed by atoms with Crippen molar-refractivity contribution >= 4 is 22.7 Å². The second kappa shape index (κ2) is 10.5. The van der Waals surface area contributed by atoms with Crippen LogP contribution in [0.4, 0.5) is 13.2 Å². The van der Waals surface area contributed by atoms with Gasteiger partial charge < -0.3 is 9.84 Å². The van der Waals surface area contributed by atoms with Crippen molar-refractivity contribution in [1.82, 2.24) is 15.2 Å². The number of benzene rings is 2. The second-order valence-corrected chi connectivity index (χ2v) is 11.3. The number of alkyl halides is 2. The molecule has 2 atom stereocenters. The van der Waals surface area contributed by atoms with Gasteiger partial charge in [0.05, 0.1) is 29.7 Å². The molecule has 0 spiro atoms. The molecule has 1 unspecified atom stereocenters. The monoisotopic (exact) mass is 555 g/mol. The number of carbonyl (C=O) groups excluding carboxylic acids is 2. The van der Waals surface area contributed by atoms with Crippen molar-refractivity contribution in [2.75, 3.05) is 20.2 Å². The minimum absolute atomic E-state index is 0.129. The molecule has 2 amide bonds. The summed E-state index contributed by atoms with van der Waals surface area (Å²) in [5, 5.41) is 14.5. The van der Waals surface area contributed by atoms with Crippen LogP contribution in [0, 0.1) is 11.2 Å². The van der Waals surface area contributed by atoms with Crippen LogP contribution in [0.5, 0.6) is 5.75 Å². The third kappa shape index (κ3) is 4.94. The van der Waals surface area contributed by atoms with E-state index in [9.17, 15) is 23.5 Å². The largest absolute Gasteiger partial charge is 0.496 e. The van der Waals surface area contributed by atoms with Crippen LogP contribution >= 0.6 is 0 Å². The lowest BCUT2D eigenvalue weighted by Gasteiger charge is -2.50. The number of amides is 2. The number of nitrogens with zero attached hydrogens (tertiary/aromatic N) is 2. The van der Waals surface area contributed by atoms with Gasteiger partial charge >= 0.3 is 0 Å². The SMILES string of the molecule is COc1cc(CN2CC[C@@](O)(c3ccc4ncc(C5CCC(=O)NC5=O)cc4c3F)C(C)(C)C2)ccc1C(F)F. The molecule has 3 heterocycles. The molecule has 1 aromatic heterocycles. The summed E-state index contributed by atoms with van der Waals surface area (Å²) in [6.45, 7) is 5.08. The van der Waals surface area contributed by atoms with Gasteiger partial charge in [-0.3, -0.25) is 24.8 Å². The smallest absolute Gasteiger partial charge is 0.267 e. The molecule has 0 saturated carbocycles. The van der Waals surface area contributed by atoms with Crippen LogP contribution in [0.2, 0.25) is 0 Å². The summed E-state index contributed by atoms with van der Waals surface area (Å²) in [4.78, 5) is 30.4. The van der Waals surface area contributed by atoms with Gasteiger partial charge in [0.25, 0.3) is 6.43 Å². The zero-order valence-electron chi connectivity index (χ0n) is 22.6. The molecule has 2 N–H and O–H groups in total. The van der Waals surface area contributed by atoms with E-state index in [1.807, 2.05) is 13.8 Å². The molecule has 2 saturated heterocycles. The Hall–Kier alpha value is -3.50. The van der Waals surface area contributed by atoms with Crippen molar-refractivity contribution < 1.29 is 32.6 Å². The summed E-state index contributed by atoms with van der Waals surface area (Å²) in [5.41, 5.74) is -0.562. The molecule has 0 radical (unpaired) electrons. The highest BCUT2D eigenvalue weighted by atomic mass is 19.3. The summed E-state index contributed by atoms with van der Waals surface area (Å²) in [6, 6.07) is 9.44. The average molecular weight is 556 g/mol. The van der Waals surface area contributed by atoms with Gasteiger partial charge in [-0.15, -0.1) is 0 Å². The number of fused-ring (bicyclic) bond motifs is 1. The number of ether oxygens (including phenoxy) is 1. The first-order valence-electron chi connectivity index (χ1n) is 13.3. The lowest BCUT2D eigenvalue weighted by Crippen LogP contribution is -2.55. The predicted octanol–water partition coefficient (Wildman–Crippen LogP) is 4.96. The van der Waals surface area contributed by atoms with Gasteiger partial charge in [0.2, 0.25) is 11.8 Å². The molecule has 0 bridgehead atoms. The van der Waals surface area contributed by atoms with E-state index in [-0.39, 0.29) is 41.0 Å². The van der Waals surface area contributed by atoms with Crippen LogP contribution in [0.1, 0.15) is 67.7 Å². The van der Waals surface area contributed by atoms with Gasteiger partial charge in [-0.05, 0) is 48.2 Å². The number of piperidine rings is 2. The minimum atomic E-state index is -2.64. The van der Waals surface area contributed by atoms with Crippen LogP contribution < -0.4 is 10.1 Å². The van der Waals surface area contributed by atoms with Crippen LogP contribution in [0.25, 0.3) is 10.9 Å². The maximum absolute atomic E-state index is 16.1. The van der Waals surface area contributed by atoms with Gasteiger partial charge in [-0.1, -0.05) is 26.0 Å². The van der Waals surface area contributed by atoms with E-state index in [1.165, 1.54) is 19.4 Å². The number of carbonyl (C=O) groups is 2. The highest BCUT2D eigenvalue weighted by molar-refractivity contribution is 6.01. The van der Waals surface area contributed by atoms with Crippen molar-refractivity contribution in [3.8, 4) is 5.75 Å². The lowest BCUT2D eigenvalue weighted by molar-refractivity contribution is -0.134. The summed E-state index contributed by atoms with van der Waals surface area (Å²) in [6.07, 6.45) is -0.344. The van der Waals surface area contributed by atoms with E-state index < -0.39 is 35.1 Å². The minimum Gasteiger partial charge on any atom is -0.496 e. The molecule has 0 aliphatic carbocycles. The third-order valence-electron chi connectivity index (χ3n) is 8.38. The normalized spacial score (nSPS) is 23.4. The number of hydrogen-bond acceptors (Lipinski definition) is 6. The van der Waals surface area contributed by atoms with Crippen molar-refractivity contribution in [2.45, 2.75) is 57.6 Å². The number of imide groups is 1. The van der Waals surface area contributed by atoms with Gasteiger partial charge in [-0.2, -0.15) is 0 Å². The Balaban J connectivity index is 1.41. The Kier molecular flexibility index (Phi) is 7.35. The first-order chi connectivity index (χ1) is 18.9. The zero-order chi connectivity index (χ0) is 28.8. The van der Waals surface area contributed by atoms with E-state index in [2.05, 4.69) is 15.2 Å². The fourth-order valence-electron chi connectivity index (χ4n) is 6.06. The molecule has 212 valence electrons. The van der Waals surface area contributed by atoms with E-state index in [1.54, 1.807) is 30.3 Å². The van der Waals surface area contributed by atoms with Crippen molar-refractivity contribution in [3.05, 3.63) is 70.7 Å². The van der Waals surface area contributed by atoms with Crippen LogP contribution in [-0.4, -0.2) is 47.0 Å². The fourth-order valence-corrected chi connectivity index (χ4v) is 6.06. The van der Waals surface area contributed by atoms with Gasteiger partial charge in [0.1, 0.15) is 11.6 Å². The average Bonchev–Trinajstić information content (AvgIpc) is 2.90. The number of methoxy groups -OCH3 is 1. The summed E-state index contributed by atoms with van der Waals surface area (Å²) in [7, 11) is 1.36. The number of pyridine rings is 1. The van der Waals surface area contributed by atoms with Crippen molar-refractivity contribution in [1.29, 1.82) is 0 Å². The number of halogens is 3. The van der Waals surface area contributed by atoms with Crippen molar-refractivity contribution in [2.24, 2.45) is 5.41 Å². The molecular weight excluding hydrogens is 523 g/mol. The van der Waals surface area contributed by atoms with Crippen LogP contribution in [-0.2, 0) is 21.7 Å². The summed E-state index contributed by atoms with van der Waals surface area (Å²) < 4.78 is 47.8. The maximum Gasteiger partial charge on any atom is 0.267 e. The number of aliphatic hydroxyl groups is 1. The number of hydrogen-bond donors (Lipinski definition) is 2. The maximum atomic E-state index is 16.1. The second-order valence-electron chi connectivity index (χ2n) is 11.3. The van der Waals surface area contributed by atoms with Crippen molar-refractivity contribution in [3.63, 3.8) is 0 Å². The summed E-state index contributed by atoms with van der Waals surface area (Å²) >= 11 is 0. The zero-order valence-corrected chi connectivity index (χ0v) is 22.6. The van der Waals surface area contributed by atoms with Crippen LogP contribution in [0.3, 0.4) is 0 Å². The quantitative estimate of drug-likeness (QED) is 0.418. The standard InChI is InChI=1S/C30H32F3N3O4/c1-29(2)16-36(15-17-4-5-20(27(32)33)24(12-17)40-3)11-10-30(29,39)22-7-8-23-21(26(22)31)13-18(14-34-23)19-6-9-25(37)35-28(19)38/h4-5,7-8,12-14,19,27,39H,6,9-11,15-16H2,1-3H3,(H,35,37,38)/t19?,30-/m1/s1. The van der Waals surface area contributed by atoms with Gasteiger partial charge in [0.15, 0.2) is 0 Å². The Bertz CT molecular complexity index is 1480. The van der Waals surface area contributed by atoms with Gasteiger partial charge in [-0.25, -0.2) is 13.2 Å². The van der Waals surface area contributed by atoms with E-state index in [4.69, 9.17) is 4.74 Å². The molecule has 2 aromatic carbocycles. The first-order valence-corrected chi connectivity index (χ1v) is 13.3. The lowest BCUT2D eigenvalue weighted by atomic mass is 9.66. The molecule has 2 aliphatic heterocycles. The highest BCUT2D eigenvalue weighted by Crippen LogP contribution is 2.48. The molecule has 2 fully saturated rings. The number of rotatable bonds is 6. The Morgan fingerprint density at radius 3 is 2.65 bits per heavy atom. The molecule has 40 heavy (non-hydrogen) atoms. The van der Waals surface area contributed by atoms with E-state index in [0.29, 0.717) is 37.1 Å². The number of likely N-dealkylation sites (tertiary alicyclic amines) is 1. The van der Waals surface area contributed by atoms with E-state index in [0.717, 1.165) is 5.56 Å². The number of nitrogens with one attached hydrogen (secondary N) is 1. The third-order valence-corrected chi connectivity index (χ3v) is 8.38. The highest BCUT2D eigenvalue weighted by Gasteiger charge is 2.50. The molecule has 5 rings (SSSR count). The number of aromatic nitrogens is 1.